The van der Waals surface area contributed by atoms with Gasteiger partial charge in [-0.25, -0.2) is 0 Å². The zero-order chi connectivity index (χ0) is 29.4. The highest BCUT2D eigenvalue weighted by atomic mass is 32.2. The van der Waals surface area contributed by atoms with Crippen LogP contribution in [0.3, 0.4) is 0 Å². The molecule has 3 aromatic carbocycles. The molecule has 1 aliphatic rings. The summed E-state index contributed by atoms with van der Waals surface area (Å²) in [5.41, 5.74) is 3.04. The van der Waals surface area contributed by atoms with Crippen LogP contribution in [0.5, 0.6) is 11.5 Å². The minimum absolute atomic E-state index is 0.0205. The third-order valence-electron chi connectivity index (χ3n) is 6.79. The Kier molecular flexibility index (Phi) is 7.44. The lowest BCUT2D eigenvalue weighted by molar-refractivity contribution is -0.117. The molecule has 0 radical (unpaired) electrons. The molecule has 0 bridgehead atoms. The molecular weight excluding hydrogens is 574 g/mol. The van der Waals surface area contributed by atoms with E-state index in [9.17, 15) is 19.8 Å². The maximum Gasteiger partial charge on any atom is 0.296 e. The number of anilines is 1. The third kappa shape index (κ3) is 5.12. The molecule has 1 amide bonds. The normalized spacial score (nSPS) is 15.1. The van der Waals surface area contributed by atoms with Crippen molar-refractivity contribution >= 4 is 50.9 Å². The maximum atomic E-state index is 13.9. The Morgan fingerprint density at radius 3 is 2.62 bits per heavy atom. The summed E-state index contributed by atoms with van der Waals surface area (Å²) in [7, 11) is 0. The molecule has 9 nitrogen and oxygen atoms in total. The number of hydrogen-bond acceptors (Lipinski definition) is 10. The number of para-hydroxylation sites is 1. The standard InChI is InChI=1S/C31H25N3O6S2/c1-3-39-23-15-20(12-13-21(23)35)26-25(27(36)24-14-19-6-4-5-7-22(19)40-24)28(37)29(38)34(26)30-32-33-31(42-30)41-16-18-10-8-17(2)9-11-18/h4-15,26,35,37H,3,16H2,1-2H3/t26-/m0/s1. The number of aliphatic hydroxyl groups is 1. The lowest BCUT2D eigenvalue weighted by Gasteiger charge is -2.24. The number of amides is 1. The zero-order valence-electron chi connectivity index (χ0n) is 22.6. The number of aryl methyl sites for hydroxylation is 1. The van der Waals surface area contributed by atoms with Gasteiger partial charge in [0.15, 0.2) is 27.4 Å². The Labute approximate surface area is 249 Å². The predicted octanol–water partition coefficient (Wildman–Crippen LogP) is 6.77. The SMILES string of the molecule is CCOc1cc([C@H]2C(C(=O)c3cc4ccccc4o3)=C(O)C(=O)N2c2nnc(SCc3ccc(C)cc3)s2)ccc1O. The van der Waals surface area contributed by atoms with Gasteiger partial charge in [-0.3, -0.25) is 14.5 Å². The molecule has 5 aromatic rings. The number of furan rings is 1. The highest BCUT2D eigenvalue weighted by Crippen LogP contribution is 2.45. The number of ether oxygens (including phenoxy) is 1. The molecule has 0 saturated heterocycles. The molecule has 0 spiro atoms. The first-order chi connectivity index (χ1) is 20.3. The van der Waals surface area contributed by atoms with Crippen molar-refractivity contribution in [2.45, 2.75) is 30.0 Å². The molecule has 0 saturated carbocycles. The van der Waals surface area contributed by atoms with Gasteiger partial charge in [0, 0.05) is 11.1 Å². The van der Waals surface area contributed by atoms with Crippen LogP contribution in [0.1, 0.15) is 40.2 Å². The fraction of sp³-hybridized carbons (Fsp3) is 0.161. The molecule has 1 atom stereocenters. The van der Waals surface area contributed by atoms with Crippen LogP contribution in [-0.2, 0) is 10.5 Å². The Hall–Kier alpha value is -4.61. The number of carbonyl (C=O) groups is 2. The van der Waals surface area contributed by atoms with Crippen LogP contribution in [-0.4, -0.2) is 38.7 Å². The topological polar surface area (TPSA) is 126 Å². The van der Waals surface area contributed by atoms with E-state index in [-0.39, 0.29) is 34.6 Å². The van der Waals surface area contributed by atoms with Crippen LogP contribution in [0.25, 0.3) is 11.0 Å². The van der Waals surface area contributed by atoms with Gasteiger partial charge in [0.05, 0.1) is 18.2 Å². The van der Waals surface area contributed by atoms with Crippen LogP contribution in [0.4, 0.5) is 5.13 Å². The van der Waals surface area contributed by atoms with Gasteiger partial charge in [-0.05, 0) is 49.2 Å². The summed E-state index contributed by atoms with van der Waals surface area (Å²) >= 11 is 2.65. The maximum absolute atomic E-state index is 13.9. The Morgan fingerprint density at radius 1 is 1.07 bits per heavy atom. The molecular formula is C31H25N3O6S2. The summed E-state index contributed by atoms with van der Waals surface area (Å²) in [5.74, 6) is -1.43. The molecule has 2 N–H and O–H groups in total. The number of aliphatic hydroxyl groups excluding tert-OH is 1. The Morgan fingerprint density at radius 2 is 1.86 bits per heavy atom. The van der Waals surface area contributed by atoms with Crippen LogP contribution in [0.2, 0.25) is 0 Å². The fourth-order valence-corrected chi connectivity index (χ4v) is 6.56. The average molecular weight is 600 g/mol. The number of nitrogens with zero attached hydrogens (tertiary/aromatic N) is 3. The molecule has 0 fully saturated rings. The van der Waals surface area contributed by atoms with Crippen molar-refractivity contribution in [3.8, 4) is 11.5 Å². The molecule has 3 heterocycles. The van der Waals surface area contributed by atoms with Crippen LogP contribution in [0.15, 0.2) is 92.9 Å². The van der Waals surface area contributed by atoms with E-state index >= 15 is 0 Å². The summed E-state index contributed by atoms with van der Waals surface area (Å²) in [5, 5.41) is 30.9. The Balaban J connectivity index is 1.39. The van der Waals surface area contributed by atoms with E-state index in [2.05, 4.69) is 10.2 Å². The van der Waals surface area contributed by atoms with Gasteiger partial charge in [-0.1, -0.05) is 77.2 Å². The first-order valence-corrected chi connectivity index (χ1v) is 14.9. The second-order valence-electron chi connectivity index (χ2n) is 9.60. The summed E-state index contributed by atoms with van der Waals surface area (Å²) < 4.78 is 12.0. The highest BCUT2D eigenvalue weighted by molar-refractivity contribution is 8.00. The van der Waals surface area contributed by atoms with Crippen molar-refractivity contribution in [2.24, 2.45) is 0 Å². The fourth-order valence-electron chi connectivity index (χ4n) is 4.74. The van der Waals surface area contributed by atoms with E-state index in [1.165, 1.54) is 39.6 Å². The van der Waals surface area contributed by atoms with Gasteiger partial charge < -0.3 is 19.4 Å². The van der Waals surface area contributed by atoms with E-state index in [0.29, 0.717) is 26.6 Å². The van der Waals surface area contributed by atoms with Crippen molar-refractivity contribution < 1.29 is 29.0 Å². The number of aromatic hydroxyl groups is 1. The summed E-state index contributed by atoms with van der Waals surface area (Å²) in [6.07, 6.45) is 0. The number of phenolic OH excluding ortho intramolecular Hbond substituents is 1. The molecule has 2 aromatic heterocycles. The first-order valence-electron chi connectivity index (χ1n) is 13.1. The highest BCUT2D eigenvalue weighted by Gasteiger charge is 2.47. The van der Waals surface area contributed by atoms with Crippen molar-refractivity contribution in [1.29, 1.82) is 0 Å². The van der Waals surface area contributed by atoms with Crippen LogP contribution in [0, 0.1) is 6.92 Å². The van der Waals surface area contributed by atoms with E-state index in [0.717, 1.165) is 5.56 Å². The van der Waals surface area contributed by atoms with E-state index < -0.39 is 23.5 Å². The van der Waals surface area contributed by atoms with Crippen molar-refractivity contribution in [3.63, 3.8) is 0 Å². The van der Waals surface area contributed by atoms with Gasteiger partial charge in [0.25, 0.3) is 5.91 Å². The second-order valence-corrected chi connectivity index (χ2v) is 11.8. The van der Waals surface area contributed by atoms with Crippen molar-refractivity contribution in [1.82, 2.24) is 10.2 Å². The molecule has 6 rings (SSSR count). The van der Waals surface area contributed by atoms with Gasteiger partial charge >= 0.3 is 0 Å². The van der Waals surface area contributed by atoms with Crippen LogP contribution >= 0.6 is 23.1 Å². The van der Waals surface area contributed by atoms with E-state index in [1.807, 2.05) is 37.3 Å². The number of rotatable bonds is 9. The monoisotopic (exact) mass is 599 g/mol. The van der Waals surface area contributed by atoms with Gasteiger partial charge in [0.1, 0.15) is 5.58 Å². The smallest absolute Gasteiger partial charge is 0.296 e. The largest absolute Gasteiger partial charge is 0.504 e. The zero-order valence-corrected chi connectivity index (χ0v) is 24.2. The molecule has 11 heteroatoms. The lowest BCUT2D eigenvalue weighted by atomic mass is 9.95. The van der Waals surface area contributed by atoms with Gasteiger partial charge in [-0.15, -0.1) is 10.2 Å². The van der Waals surface area contributed by atoms with Gasteiger partial charge in [0.2, 0.25) is 10.9 Å². The number of fused-ring (bicyclic) bond motifs is 1. The van der Waals surface area contributed by atoms with Crippen LogP contribution < -0.4 is 9.64 Å². The molecule has 212 valence electrons. The number of carbonyl (C=O) groups excluding carboxylic acids is 2. The minimum Gasteiger partial charge on any atom is -0.504 e. The molecule has 0 unspecified atom stereocenters. The molecule has 1 aliphatic heterocycles. The number of hydrogen-bond donors (Lipinski definition) is 2. The summed E-state index contributed by atoms with van der Waals surface area (Å²) in [6, 6.07) is 20.3. The van der Waals surface area contributed by atoms with Crippen molar-refractivity contribution in [2.75, 3.05) is 11.5 Å². The first kappa shape index (κ1) is 27.6. The molecule has 42 heavy (non-hydrogen) atoms. The average Bonchev–Trinajstić information content (AvgIpc) is 3.70. The number of ketones is 1. The molecule has 0 aliphatic carbocycles. The minimum atomic E-state index is -1.08. The predicted molar refractivity (Wildman–Crippen MR) is 160 cm³/mol. The number of aromatic nitrogens is 2. The van der Waals surface area contributed by atoms with E-state index in [4.69, 9.17) is 9.15 Å². The Bertz CT molecular complexity index is 1810. The number of Topliss-reactive ketones (excluding diaryl/α,β-unsaturated/α-hetero) is 1. The number of thioether (sulfide) groups is 1. The number of phenols is 1. The lowest BCUT2D eigenvalue weighted by Crippen LogP contribution is -2.31. The summed E-state index contributed by atoms with van der Waals surface area (Å²) in [6.45, 7) is 4.09. The van der Waals surface area contributed by atoms with Gasteiger partial charge in [-0.2, -0.15) is 0 Å². The summed E-state index contributed by atoms with van der Waals surface area (Å²) in [4.78, 5) is 28.7. The second kappa shape index (κ2) is 11.3. The third-order valence-corrected chi connectivity index (χ3v) is 8.91. The van der Waals surface area contributed by atoms with E-state index in [1.54, 1.807) is 43.3 Å². The number of benzene rings is 3. The van der Waals surface area contributed by atoms with Crippen molar-refractivity contribution in [3.05, 3.63) is 107 Å². The quantitative estimate of drug-likeness (QED) is 0.107.